The van der Waals surface area contributed by atoms with E-state index >= 15 is 0 Å². The molecule has 0 saturated heterocycles. The Kier molecular flexibility index (Phi) is 3.37. The summed E-state index contributed by atoms with van der Waals surface area (Å²) in [7, 11) is 0. The molecule has 1 heterocycles. The highest BCUT2D eigenvalue weighted by molar-refractivity contribution is 5.44. The van der Waals surface area contributed by atoms with E-state index < -0.39 is 0 Å². The Bertz CT molecular complexity index is 526. The number of hydrogen-bond donors (Lipinski definition) is 1. The van der Waals surface area contributed by atoms with Gasteiger partial charge in [-0.05, 0) is 12.5 Å². The molecule has 1 N–H and O–H groups in total. The Balaban J connectivity index is 2.24. The third kappa shape index (κ3) is 2.37. The lowest BCUT2D eigenvalue weighted by Gasteiger charge is -2.12. The van der Waals surface area contributed by atoms with Gasteiger partial charge in [0.25, 0.3) is 0 Å². The van der Waals surface area contributed by atoms with Gasteiger partial charge in [0.15, 0.2) is 11.9 Å². The molecule has 94 valence electrons. The Morgan fingerprint density at radius 1 is 1.22 bits per heavy atom. The summed E-state index contributed by atoms with van der Waals surface area (Å²) in [4.78, 5) is 0. The summed E-state index contributed by atoms with van der Waals surface area (Å²) in [6.45, 7) is 3.60. The number of pyridine rings is 1. The van der Waals surface area contributed by atoms with Gasteiger partial charge in [-0.15, -0.1) is 0 Å². The topological polar surface area (TPSA) is 56.4 Å². The third-order valence-corrected chi connectivity index (χ3v) is 2.78. The summed E-state index contributed by atoms with van der Waals surface area (Å²) >= 11 is 0. The zero-order valence-corrected chi connectivity index (χ0v) is 10.4. The lowest BCUT2D eigenvalue weighted by molar-refractivity contribution is -0.613. The van der Waals surface area contributed by atoms with Gasteiger partial charge in [0.1, 0.15) is 6.61 Å². The van der Waals surface area contributed by atoms with Crippen LogP contribution in [0.5, 0.6) is 11.5 Å². The molecule has 0 atom stereocenters. The summed E-state index contributed by atoms with van der Waals surface area (Å²) in [5.41, 5.74) is 1.84. The molecule has 1 aromatic carbocycles. The van der Waals surface area contributed by atoms with Crippen LogP contribution in [-0.4, -0.2) is 5.11 Å². The monoisotopic (exact) mass is 245 g/mol. The Morgan fingerprint density at radius 3 is 2.56 bits per heavy atom. The van der Waals surface area contributed by atoms with Crippen LogP contribution in [0.3, 0.4) is 0 Å². The normalized spacial score (nSPS) is 10.3. The molecule has 0 unspecified atom stereocenters. The van der Waals surface area contributed by atoms with Crippen molar-refractivity contribution in [2.45, 2.75) is 20.5 Å². The van der Waals surface area contributed by atoms with Gasteiger partial charge >= 0.3 is 0 Å². The van der Waals surface area contributed by atoms with Crippen molar-refractivity contribution >= 4 is 0 Å². The van der Waals surface area contributed by atoms with Crippen molar-refractivity contribution in [2.75, 3.05) is 0 Å². The van der Waals surface area contributed by atoms with E-state index in [4.69, 9.17) is 4.74 Å². The van der Waals surface area contributed by atoms with E-state index in [0.717, 1.165) is 5.56 Å². The molecule has 1 aromatic heterocycles. The molecule has 2 aromatic rings. The number of aryl methyl sites for hydroxylation is 1. The van der Waals surface area contributed by atoms with Gasteiger partial charge in [0.05, 0.1) is 5.56 Å². The highest BCUT2D eigenvalue weighted by Crippen LogP contribution is 2.31. The summed E-state index contributed by atoms with van der Waals surface area (Å²) in [6, 6.07) is 9.59. The maximum Gasteiger partial charge on any atom is 0.235 e. The number of hydrogen-bond acceptors (Lipinski definition) is 3. The molecule has 2 rings (SSSR count). The van der Waals surface area contributed by atoms with E-state index in [1.54, 1.807) is 13.8 Å². The minimum Gasteiger partial charge on any atom is -0.618 e. The molecule has 0 saturated carbocycles. The Labute approximate surface area is 106 Å². The first kappa shape index (κ1) is 12.2. The second kappa shape index (κ2) is 4.96. The molecular formula is C14H15NO3. The van der Waals surface area contributed by atoms with Crippen molar-refractivity contribution in [3.05, 3.63) is 58.6 Å². The minimum atomic E-state index is 0.0236. The molecule has 0 aliphatic carbocycles. The third-order valence-electron chi connectivity index (χ3n) is 2.78. The van der Waals surface area contributed by atoms with Gasteiger partial charge in [0.2, 0.25) is 11.4 Å². The van der Waals surface area contributed by atoms with Gasteiger partial charge in [-0.1, -0.05) is 30.3 Å². The smallest absolute Gasteiger partial charge is 0.235 e. The molecule has 0 spiro atoms. The molecule has 0 aliphatic heterocycles. The van der Waals surface area contributed by atoms with E-state index in [1.165, 1.54) is 6.20 Å². The van der Waals surface area contributed by atoms with Gasteiger partial charge in [-0.2, -0.15) is 4.73 Å². The first-order chi connectivity index (χ1) is 8.59. The molecule has 0 fully saturated rings. The maximum absolute atomic E-state index is 11.5. The van der Waals surface area contributed by atoms with E-state index in [-0.39, 0.29) is 11.5 Å². The molecule has 0 aliphatic rings. The largest absolute Gasteiger partial charge is 0.618 e. The molecular weight excluding hydrogens is 230 g/mol. The number of aromatic nitrogens is 1. The van der Waals surface area contributed by atoms with Crippen LogP contribution in [0.4, 0.5) is 0 Å². The van der Waals surface area contributed by atoms with Crippen molar-refractivity contribution in [3.63, 3.8) is 0 Å². The molecule has 18 heavy (non-hydrogen) atoms. The molecule has 0 bridgehead atoms. The van der Waals surface area contributed by atoms with Crippen LogP contribution in [0.1, 0.15) is 16.8 Å². The lowest BCUT2D eigenvalue weighted by Crippen LogP contribution is -2.30. The van der Waals surface area contributed by atoms with Crippen molar-refractivity contribution < 1.29 is 14.6 Å². The first-order valence-electron chi connectivity index (χ1n) is 5.68. The van der Waals surface area contributed by atoms with Crippen LogP contribution in [0, 0.1) is 19.1 Å². The molecule has 0 amide bonds. The van der Waals surface area contributed by atoms with E-state index in [9.17, 15) is 10.3 Å². The zero-order valence-electron chi connectivity index (χ0n) is 10.4. The first-order valence-corrected chi connectivity index (χ1v) is 5.68. The van der Waals surface area contributed by atoms with Crippen LogP contribution in [-0.2, 0) is 6.61 Å². The summed E-state index contributed by atoms with van der Waals surface area (Å²) in [5.74, 6) is 0.268. The van der Waals surface area contributed by atoms with Gasteiger partial charge in [0, 0.05) is 6.92 Å². The molecule has 0 radical (unpaired) electrons. The fraction of sp³-hybridized carbons (Fsp3) is 0.214. The van der Waals surface area contributed by atoms with Gasteiger partial charge < -0.3 is 15.1 Å². The van der Waals surface area contributed by atoms with E-state index in [0.29, 0.717) is 22.6 Å². The predicted octanol–water partition coefficient (Wildman–Crippen LogP) is 2.22. The standard InChI is InChI=1S/C14H15NO3/c1-10-8-15(17)11(2)14(13(10)16)18-9-12-6-4-3-5-7-12/h3-8,16H,9H2,1-2H3. The molecule has 4 heteroatoms. The summed E-state index contributed by atoms with van der Waals surface area (Å²) in [5, 5.41) is 21.5. The van der Waals surface area contributed by atoms with E-state index in [1.807, 2.05) is 30.3 Å². The Hall–Kier alpha value is -2.23. The van der Waals surface area contributed by atoms with Crippen molar-refractivity contribution in [3.8, 4) is 11.5 Å². The highest BCUT2D eigenvalue weighted by atomic mass is 16.5. The Morgan fingerprint density at radius 2 is 1.89 bits per heavy atom. The van der Waals surface area contributed by atoms with Crippen LogP contribution in [0.15, 0.2) is 36.5 Å². The fourth-order valence-electron chi connectivity index (χ4n) is 1.69. The lowest BCUT2D eigenvalue weighted by atomic mass is 10.2. The van der Waals surface area contributed by atoms with Gasteiger partial charge in [-0.3, -0.25) is 0 Å². The second-order valence-corrected chi connectivity index (χ2v) is 4.18. The number of benzene rings is 1. The van der Waals surface area contributed by atoms with Crippen molar-refractivity contribution in [2.24, 2.45) is 0 Å². The highest BCUT2D eigenvalue weighted by Gasteiger charge is 2.17. The van der Waals surface area contributed by atoms with Crippen LogP contribution in [0.2, 0.25) is 0 Å². The second-order valence-electron chi connectivity index (χ2n) is 4.18. The van der Waals surface area contributed by atoms with Crippen LogP contribution in [0.25, 0.3) is 0 Å². The van der Waals surface area contributed by atoms with Crippen LogP contribution < -0.4 is 9.47 Å². The number of rotatable bonds is 3. The van der Waals surface area contributed by atoms with E-state index in [2.05, 4.69) is 0 Å². The summed E-state index contributed by atoms with van der Waals surface area (Å²) < 4.78 is 6.25. The molecule has 4 nitrogen and oxygen atoms in total. The number of ether oxygens (including phenoxy) is 1. The maximum atomic E-state index is 11.5. The zero-order chi connectivity index (χ0) is 13.1. The van der Waals surface area contributed by atoms with Gasteiger partial charge in [-0.25, -0.2) is 0 Å². The predicted molar refractivity (Wildman–Crippen MR) is 67.3 cm³/mol. The quantitative estimate of drug-likeness (QED) is 0.666. The fourth-order valence-corrected chi connectivity index (χ4v) is 1.69. The number of aromatic hydroxyl groups is 1. The number of nitrogens with zero attached hydrogens (tertiary/aromatic N) is 1. The van der Waals surface area contributed by atoms with Crippen LogP contribution >= 0.6 is 0 Å². The van der Waals surface area contributed by atoms with Crippen molar-refractivity contribution in [1.29, 1.82) is 0 Å². The minimum absolute atomic E-state index is 0.0236. The van der Waals surface area contributed by atoms with Crippen molar-refractivity contribution in [1.82, 2.24) is 0 Å². The average molecular weight is 245 g/mol. The summed E-state index contributed by atoms with van der Waals surface area (Å²) in [6.07, 6.45) is 1.33. The SMILES string of the molecule is Cc1c[n+]([O-])c(C)c(OCc2ccccc2)c1O. The average Bonchev–Trinajstić information content (AvgIpc) is 2.38.